The van der Waals surface area contributed by atoms with E-state index in [1.54, 1.807) is 31.4 Å². The molecule has 0 radical (unpaired) electrons. The van der Waals surface area contributed by atoms with Gasteiger partial charge < -0.3 is 15.0 Å². The summed E-state index contributed by atoms with van der Waals surface area (Å²) in [5, 5.41) is 2.91. The molecule has 1 aliphatic heterocycles. The van der Waals surface area contributed by atoms with Gasteiger partial charge in [0.1, 0.15) is 5.75 Å². The standard InChI is InChI=1S/C21H24N2O3/c1-21(2,3)20(25)23-12-11-14-5-8-16(13-18(14)23)22-19(24)15-6-9-17(26-4)10-7-15/h5-10,13H,11-12H2,1-4H3,(H,22,24). The fourth-order valence-electron chi connectivity index (χ4n) is 3.02. The van der Waals surface area contributed by atoms with Crippen molar-refractivity contribution in [3.05, 3.63) is 53.6 Å². The maximum Gasteiger partial charge on any atom is 0.255 e. The molecular weight excluding hydrogens is 328 g/mol. The number of hydrogen-bond acceptors (Lipinski definition) is 3. The Labute approximate surface area is 154 Å². The van der Waals surface area contributed by atoms with Gasteiger partial charge in [0.05, 0.1) is 7.11 Å². The van der Waals surface area contributed by atoms with Gasteiger partial charge in [0.25, 0.3) is 5.91 Å². The lowest BCUT2D eigenvalue weighted by Crippen LogP contribution is -2.38. The third kappa shape index (κ3) is 3.57. The van der Waals surface area contributed by atoms with E-state index in [2.05, 4.69) is 5.32 Å². The van der Waals surface area contributed by atoms with Crippen LogP contribution in [0.15, 0.2) is 42.5 Å². The molecule has 0 aromatic heterocycles. The molecule has 0 atom stereocenters. The highest BCUT2D eigenvalue weighted by molar-refractivity contribution is 6.05. The average Bonchev–Trinajstić information content (AvgIpc) is 3.03. The van der Waals surface area contributed by atoms with E-state index in [1.807, 2.05) is 43.9 Å². The van der Waals surface area contributed by atoms with Crippen LogP contribution >= 0.6 is 0 Å². The largest absolute Gasteiger partial charge is 0.497 e. The Morgan fingerprint density at radius 1 is 1.08 bits per heavy atom. The first kappa shape index (κ1) is 18.0. The second-order valence-electron chi connectivity index (χ2n) is 7.48. The molecular formula is C21H24N2O3. The highest BCUT2D eigenvalue weighted by Crippen LogP contribution is 2.34. The summed E-state index contributed by atoms with van der Waals surface area (Å²) >= 11 is 0. The number of nitrogens with one attached hydrogen (secondary N) is 1. The van der Waals surface area contributed by atoms with Gasteiger partial charge in [0, 0.05) is 28.9 Å². The number of rotatable bonds is 3. The van der Waals surface area contributed by atoms with Crippen LogP contribution in [-0.4, -0.2) is 25.5 Å². The van der Waals surface area contributed by atoms with E-state index in [4.69, 9.17) is 4.74 Å². The van der Waals surface area contributed by atoms with Crippen molar-refractivity contribution in [2.45, 2.75) is 27.2 Å². The molecule has 1 N–H and O–H groups in total. The molecule has 2 amide bonds. The SMILES string of the molecule is COc1ccc(C(=O)Nc2ccc3c(c2)N(C(=O)C(C)(C)C)CC3)cc1. The van der Waals surface area contributed by atoms with Crippen LogP contribution in [0.25, 0.3) is 0 Å². The Morgan fingerprint density at radius 2 is 1.77 bits per heavy atom. The van der Waals surface area contributed by atoms with Crippen molar-refractivity contribution in [1.29, 1.82) is 0 Å². The van der Waals surface area contributed by atoms with Gasteiger partial charge in [-0.15, -0.1) is 0 Å². The molecule has 0 bridgehead atoms. The van der Waals surface area contributed by atoms with Crippen LogP contribution in [-0.2, 0) is 11.2 Å². The number of amides is 2. The Morgan fingerprint density at radius 3 is 2.38 bits per heavy atom. The maximum absolute atomic E-state index is 12.7. The van der Waals surface area contributed by atoms with E-state index in [0.29, 0.717) is 23.5 Å². The molecule has 26 heavy (non-hydrogen) atoms. The number of methoxy groups -OCH3 is 1. The molecule has 0 saturated carbocycles. The molecule has 5 nitrogen and oxygen atoms in total. The zero-order valence-corrected chi connectivity index (χ0v) is 15.6. The van der Waals surface area contributed by atoms with Gasteiger partial charge >= 0.3 is 0 Å². The number of hydrogen-bond donors (Lipinski definition) is 1. The van der Waals surface area contributed by atoms with Gasteiger partial charge in [-0.05, 0) is 48.4 Å². The van der Waals surface area contributed by atoms with Gasteiger partial charge in [-0.25, -0.2) is 0 Å². The van der Waals surface area contributed by atoms with E-state index in [0.717, 1.165) is 17.7 Å². The van der Waals surface area contributed by atoms with Gasteiger partial charge in [0.2, 0.25) is 5.91 Å². The van der Waals surface area contributed by atoms with Crippen LogP contribution < -0.4 is 15.0 Å². The zero-order valence-electron chi connectivity index (χ0n) is 15.6. The predicted octanol–water partition coefficient (Wildman–Crippen LogP) is 3.88. The summed E-state index contributed by atoms with van der Waals surface area (Å²) in [5.74, 6) is 0.601. The second kappa shape index (κ2) is 6.83. The normalized spacial score (nSPS) is 13.3. The molecule has 0 aliphatic carbocycles. The smallest absolute Gasteiger partial charge is 0.255 e. The van der Waals surface area contributed by atoms with Crippen LogP contribution in [0.3, 0.4) is 0 Å². The lowest BCUT2D eigenvalue weighted by molar-refractivity contribution is -0.125. The first-order valence-electron chi connectivity index (χ1n) is 8.70. The zero-order chi connectivity index (χ0) is 18.9. The van der Waals surface area contributed by atoms with E-state index < -0.39 is 5.41 Å². The van der Waals surface area contributed by atoms with Crippen LogP contribution in [0.4, 0.5) is 11.4 Å². The summed E-state index contributed by atoms with van der Waals surface area (Å²) in [5.41, 5.74) is 2.80. The molecule has 0 saturated heterocycles. The maximum atomic E-state index is 12.7. The van der Waals surface area contributed by atoms with Crippen molar-refractivity contribution in [2.24, 2.45) is 5.41 Å². The highest BCUT2D eigenvalue weighted by Gasteiger charge is 2.32. The van der Waals surface area contributed by atoms with Crippen molar-refractivity contribution >= 4 is 23.2 Å². The minimum absolute atomic E-state index is 0.0925. The summed E-state index contributed by atoms with van der Waals surface area (Å²) in [4.78, 5) is 26.9. The Bertz CT molecular complexity index is 835. The predicted molar refractivity (Wildman–Crippen MR) is 103 cm³/mol. The topological polar surface area (TPSA) is 58.6 Å². The Balaban J connectivity index is 1.80. The molecule has 136 valence electrons. The third-order valence-electron chi connectivity index (χ3n) is 4.48. The number of anilines is 2. The molecule has 0 fully saturated rings. The van der Waals surface area contributed by atoms with Crippen LogP contribution in [0, 0.1) is 5.41 Å². The fourth-order valence-corrected chi connectivity index (χ4v) is 3.02. The summed E-state index contributed by atoms with van der Waals surface area (Å²) in [7, 11) is 1.59. The summed E-state index contributed by atoms with van der Waals surface area (Å²) in [6.45, 7) is 6.44. The second-order valence-corrected chi connectivity index (χ2v) is 7.48. The van der Waals surface area contributed by atoms with E-state index >= 15 is 0 Å². The van der Waals surface area contributed by atoms with E-state index in [9.17, 15) is 9.59 Å². The van der Waals surface area contributed by atoms with E-state index in [-0.39, 0.29) is 11.8 Å². The van der Waals surface area contributed by atoms with Crippen LogP contribution in [0.5, 0.6) is 5.75 Å². The summed E-state index contributed by atoms with van der Waals surface area (Å²) in [6, 6.07) is 12.7. The molecule has 1 heterocycles. The number of benzene rings is 2. The minimum Gasteiger partial charge on any atom is -0.497 e. The molecule has 2 aromatic rings. The molecule has 1 aliphatic rings. The fraction of sp³-hybridized carbons (Fsp3) is 0.333. The minimum atomic E-state index is -0.441. The molecule has 5 heteroatoms. The first-order valence-corrected chi connectivity index (χ1v) is 8.70. The van der Waals surface area contributed by atoms with Crippen molar-refractivity contribution in [3.63, 3.8) is 0 Å². The number of ether oxygens (including phenoxy) is 1. The number of fused-ring (bicyclic) bond motifs is 1. The average molecular weight is 352 g/mol. The number of carbonyl (C=O) groups excluding carboxylic acids is 2. The van der Waals surface area contributed by atoms with Crippen molar-refractivity contribution in [3.8, 4) is 5.75 Å². The van der Waals surface area contributed by atoms with Crippen molar-refractivity contribution in [2.75, 3.05) is 23.9 Å². The lowest BCUT2D eigenvalue weighted by atomic mass is 9.94. The molecule has 0 unspecified atom stereocenters. The van der Waals surface area contributed by atoms with Gasteiger partial charge in [0.15, 0.2) is 0 Å². The van der Waals surface area contributed by atoms with Gasteiger partial charge in [-0.2, -0.15) is 0 Å². The van der Waals surface area contributed by atoms with E-state index in [1.165, 1.54) is 0 Å². The van der Waals surface area contributed by atoms with Crippen LogP contribution in [0.1, 0.15) is 36.7 Å². The van der Waals surface area contributed by atoms with Crippen molar-refractivity contribution < 1.29 is 14.3 Å². The molecule has 0 spiro atoms. The van der Waals surface area contributed by atoms with Gasteiger partial charge in [-0.1, -0.05) is 26.8 Å². The summed E-state index contributed by atoms with van der Waals surface area (Å²) < 4.78 is 5.11. The monoisotopic (exact) mass is 352 g/mol. The Hall–Kier alpha value is -2.82. The quantitative estimate of drug-likeness (QED) is 0.912. The highest BCUT2D eigenvalue weighted by atomic mass is 16.5. The Kier molecular flexibility index (Phi) is 4.72. The number of nitrogens with zero attached hydrogens (tertiary/aromatic N) is 1. The van der Waals surface area contributed by atoms with Crippen LogP contribution in [0.2, 0.25) is 0 Å². The number of carbonyl (C=O) groups is 2. The van der Waals surface area contributed by atoms with Gasteiger partial charge in [-0.3, -0.25) is 9.59 Å². The molecule has 2 aromatic carbocycles. The van der Waals surface area contributed by atoms with Crippen molar-refractivity contribution in [1.82, 2.24) is 0 Å². The lowest BCUT2D eigenvalue weighted by Gasteiger charge is -2.26. The summed E-state index contributed by atoms with van der Waals surface area (Å²) in [6.07, 6.45) is 0.837. The third-order valence-corrected chi connectivity index (χ3v) is 4.48. The molecule has 3 rings (SSSR count). The first-order chi connectivity index (χ1) is 12.3.